The van der Waals surface area contributed by atoms with Gasteiger partial charge in [0.25, 0.3) is 0 Å². The quantitative estimate of drug-likeness (QED) is 0.270. The van der Waals surface area contributed by atoms with Crippen LogP contribution in [-0.4, -0.2) is 35.5 Å². The Labute approximate surface area is 131 Å². The molecule has 1 N–H and O–H groups in total. The fraction of sp³-hybridized carbons (Fsp3) is 0.556. The average Bonchev–Trinajstić information content (AvgIpc) is 2.32. The minimum Gasteiger partial charge on any atom is -0.741 e. The Morgan fingerprint density at radius 3 is 2.00 bits per heavy atom. The Morgan fingerprint density at radius 1 is 1.06 bits per heavy atom. The van der Waals surface area contributed by atoms with Gasteiger partial charge in [0.1, 0.15) is 0 Å². The van der Waals surface area contributed by atoms with E-state index in [1.54, 1.807) is 20.9 Å². The van der Waals surface area contributed by atoms with Gasteiger partial charge < -0.3 is 35.3 Å². The predicted octanol–water partition coefficient (Wildman–Crippen LogP) is 0.797. The third-order valence-electron chi connectivity index (χ3n) is 1.58. The smallest absolute Gasteiger partial charge is 0.741 e. The molecule has 0 aromatic rings. The van der Waals surface area contributed by atoms with Gasteiger partial charge in [0.15, 0.2) is 0 Å². The number of hydrogen-bond acceptors (Lipinski definition) is 7. The van der Waals surface area contributed by atoms with E-state index in [0.717, 1.165) is 0 Å². The number of nitrogens with zero attached hydrogens (tertiary/aromatic N) is 4. The van der Waals surface area contributed by atoms with Gasteiger partial charge in [0, 0.05) is 7.05 Å². The SMILES string of the molecule is CCOC([S-])=NN=C(C)C(C)=NN=C([S-])NC.[Zn+2]. The van der Waals surface area contributed by atoms with Crippen LogP contribution in [0.15, 0.2) is 20.4 Å². The van der Waals surface area contributed by atoms with Gasteiger partial charge in [-0.15, -0.1) is 5.10 Å². The van der Waals surface area contributed by atoms with Crippen molar-refractivity contribution in [3.63, 3.8) is 0 Å². The average molecular weight is 339 g/mol. The summed E-state index contributed by atoms with van der Waals surface area (Å²) in [6, 6.07) is 0. The van der Waals surface area contributed by atoms with E-state index in [0.29, 0.717) is 23.2 Å². The molecule has 0 amide bonds. The summed E-state index contributed by atoms with van der Waals surface area (Å²) in [7, 11) is 1.67. The first-order chi connectivity index (χ1) is 8.01. The van der Waals surface area contributed by atoms with Gasteiger partial charge in [-0.25, -0.2) is 0 Å². The molecule has 6 nitrogen and oxygen atoms in total. The molecule has 96 valence electrons. The molecule has 0 rings (SSSR count). The Bertz CT molecular complexity index is 368. The summed E-state index contributed by atoms with van der Waals surface area (Å²) >= 11 is 9.60. The fourth-order valence-electron chi connectivity index (χ4n) is 0.583. The second-order valence-corrected chi connectivity index (χ2v) is 3.56. The predicted molar refractivity (Wildman–Crippen MR) is 76.5 cm³/mol. The zero-order valence-corrected chi connectivity index (χ0v) is 15.5. The number of rotatable bonds is 4. The summed E-state index contributed by atoms with van der Waals surface area (Å²) in [6.45, 7) is 5.78. The van der Waals surface area contributed by atoms with Crippen molar-refractivity contribution in [1.82, 2.24) is 5.32 Å². The molecule has 0 spiro atoms. The van der Waals surface area contributed by atoms with Gasteiger partial charge in [0.05, 0.1) is 23.3 Å². The van der Waals surface area contributed by atoms with Gasteiger partial charge in [-0.3, -0.25) is 0 Å². The summed E-state index contributed by atoms with van der Waals surface area (Å²) in [6.07, 6.45) is 0. The molecule has 0 unspecified atom stereocenters. The molecule has 9 heteroatoms. The second kappa shape index (κ2) is 11.4. The third kappa shape index (κ3) is 9.38. The summed E-state index contributed by atoms with van der Waals surface area (Å²) in [5.74, 6) is 0. The maximum Gasteiger partial charge on any atom is 2.00 e. The molecular formula is C9H15N5OS2Zn. The molecule has 0 aromatic carbocycles. The molecule has 0 atom stereocenters. The Hall–Kier alpha value is -0.657. The van der Waals surface area contributed by atoms with E-state index in [2.05, 4.69) is 25.7 Å². The number of ether oxygens (including phenoxy) is 1. The Balaban J connectivity index is 0. The van der Waals surface area contributed by atoms with Crippen LogP contribution >= 0.6 is 0 Å². The van der Waals surface area contributed by atoms with E-state index in [4.69, 9.17) is 30.0 Å². The van der Waals surface area contributed by atoms with Gasteiger partial charge in [-0.2, -0.15) is 15.3 Å². The van der Waals surface area contributed by atoms with E-state index >= 15 is 0 Å². The zero-order valence-electron chi connectivity index (χ0n) is 10.9. The maximum absolute atomic E-state index is 4.95. The van der Waals surface area contributed by atoms with E-state index < -0.39 is 0 Å². The summed E-state index contributed by atoms with van der Waals surface area (Å²) in [4.78, 5) is 0. The van der Waals surface area contributed by atoms with Crippen molar-refractivity contribution >= 4 is 47.1 Å². The molecular weight excluding hydrogens is 324 g/mol. The van der Waals surface area contributed by atoms with Crippen LogP contribution in [0.5, 0.6) is 0 Å². The molecule has 18 heavy (non-hydrogen) atoms. The second-order valence-electron chi connectivity index (χ2n) is 2.82. The molecule has 0 aliphatic carbocycles. The van der Waals surface area contributed by atoms with Crippen LogP contribution < -0.4 is 5.32 Å². The fourth-order valence-corrected chi connectivity index (χ4v) is 0.783. The first-order valence-electron chi connectivity index (χ1n) is 4.90. The minimum absolute atomic E-state index is 0. The summed E-state index contributed by atoms with van der Waals surface area (Å²) in [5, 5.41) is 18.3. The standard InChI is InChI=1S/C9H17N5OS2.Zn/c1-5-15-9(17)14-12-7(3)6(2)11-13-8(16)10-4;/h5H2,1-4H3,(H,14,17)(H2,10,13,16);/q;+2/p-2. The molecule has 0 heterocycles. The molecule has 0 aliphatic rings. The van der Waals surface area contributed by atoms with Crippen LogP contribution in [0.2, 0.25) is 0 Å². The molecule has 0 bridgehead atoms. The monoisotopic (exact) mass is 337 g/mol. The largest absolute Gasteiger partial charge is 2.00 e. The van der Waals surface area contributed by atoms with Crippen LogP contribution in [0.25, 0.3) is 0 Å². The van der Waals surface area contributed by atoms with Crippen molar-refractivity contribution in [1.29, 1.82) is 0 Å². The third-order valence-corrected chi connectivity index (χ3v) is 2.06. The normalized spacial score (nSPS) is 14.0. The van der Waals surface area contributed by atoms with Gasteiger partial charge in [-0.05, 0) is 25.9 Å². The van der Waals surface area contributed by atoms with Crippen molar-refractivity contribution in [3.05, 3.63) is 0 Å². The maximum atomic E-state index is 4.95. The van der Waals surface area contributed by atoms with Crippen molar-refractivity contribution in [2.45, 2.75) is 20.8 Å². The minimum atomic E-state index is 0. The number of nitrogens with one attached hydrogen (secondary N) is 1. The topological polar surface area (TPSA) is 70.7 Å². The van der Waals surface area contributed by atoms with Crippen LogP contribution in [-0.2, 0) is 49.5 Å². The van der Waals surface area contributed by atoms with Gasteiger partial charge in [0.2, 0.25) is 0 Å². The van der Waals surface area contributed by atoms with Crippen molar-refractivity contribution < 1.29 is 24.2 Å². The summed E-state index contributed by atoms with van der Waals surface area (Å²) < 4.78 is 4.95. The van der Waals surface area contributed by atoms with Crippen molar-refractivity contribution in [2.75, 3.05) is 13.7 Å². The first kappa shape index (κ1) is 19.7. The Kier molecular flexibility index (Phi) is 12.5. The molecule has 0 aromatic heterocycles. The van der Waals surface area contributed by atoms with Crippen molar-refractivity contribution in [2.24, 2.45) is 20.4 Å². The van der Waals surface area contributed by atoms with E-state index in [1.165, 1.54) is 0 Å². The molecule has 0 fully saturated rings. The summed E-state index contributed by atoms with van der Waals surface area (Å²) in [5.41, 5.74) is 1.19. The molecule has 0 saturated carbocycles. The Morgan fingerprint density at radius 2 is 1.56 bits per heavy atom. The number of hydrogen-bond donors (Lipinski definition) is 1. The van der Waals surface area contributed by atoms with Gasteiger partial charge >= 0.3 is 19.5 Å². The first-order valence-corrected chi connectivity index (χ1v) is 5.72. The van der Waals surface area contributed by atoms with Crippen LogP contribution in [0.3, 0.4) is 0 Å². The molecule has 0 saturated heterocycles. The van der Waals surface area contributed by atoms with Crippen molar-refractivity contribution in [3.8, 4) is 0 Å². The van der Waals surface area contributed by atoms with Crippen LogP contribution in [0.1, 0.15) is 20.8 Å². The van der Waals surface area contributed by atoms with Crippen LogP contribution in [0.4, 0.5) is 0 Å². The molecule has 0 aliphatic heterocycles. The number of amidine groups is 1. The molecule has 0 radical (unpaired) electrons. The zero-order chi connectivity index (χ0) is 13.3. The van der Waals surface area contributed by atoms with Crippen LogP contribution in [0, 0.1) is 0 Å². The van der Waals surface area contributed by atoms with E-state index in [1.807, 2.05) is 6.92 Å². The van der Waals surface area contributed by atoms with E-state index in [-0.39, 0.29) is 24.7 Å². The van der Waals surface area contributed by atoms with E-state index in [9.17, 15) is 0 Å². The van der Waals surface area contributed by atoms with Gasteiger partial charge in [-0.1, -0.05) is 0 Å².